The van der Waals surface area contributed by atoms with Crippen molar-refractivity contribution >= 4 is 0 Å². The van der Waals surface area contributed by atoms with Crippen LogP contribution in [0.25, 0.3) is 0 Å². The fourth-order valence-electron chi connectivity index (χ4n) is 5.73. The van der Waals surface area contributed by atoms with Crippen molar-refractivity contribution in [2.24, 2.45) is 23.2 Å². The highest BCUT2D eigenvalue weighted by atomic mass is 16.5. The molecule has 3 heteroatoms. The molecule has 192 valence electrons. The summed E-state index contributed by atoms with van der Waals surface area (Å²) in [6, 6.07) is 10.1. The molecule has 0 aliphatic carbocycles. The zero-order chi connectivity index (χ0) is 25.5. The zero-order valence-corrected chi connectivity index (χ0v) is 23.1. The number of aromatic nitrogens is 2. The second-order valence-corrected chi connectivity index (χ2v) is 10.9. The number of rotatable bonds is 15. The van der Waals surface area contributed by atoms with Gasteiger partial charge in [-0.3, -0.25) is 0 Å². The molecule has 0 atom stereocenters. The Kier molecular flexibility index (Phi) is 12.9. The largest absolute Gasteiger partial charge is 0.486 e. The second-order valence-electron chi connectivity index (χ2n) is 10.9. The molecule has 0 radical (unpaired) electrons. The van der Waals surface area contributed by atoms with Crippen LogP contribution < -0.4 is 4.74 Å². The molecule has 35 heavy (non-hydrogen) atoms. The third kappa shape index (κ3) is 9.67. The van der Waals surface area contributed by atoms with Crippen molar-refractivity contribution in [2.45, 2.75) is 106 Å². The fourth-order valence-corrected chi connectivity index (χ4v) is 5.73. The van der Waals surface area contributed by atoms with Gasteiger partial charge in [0.15, 0.2) is 5.75 Å². The van der Waals surface area contributed by atoms with Crippen LogP contribution in [0.5, 0.6) is 5.75 Å². The average Bonchev–Trinajstić information content (AvgIpc) is 2.84. The molecule has 0 bridgehead atoms. The van der Waals surface area contributed by atoms with E-state index < -0.39 is 0 Å². The molecule has 0 unspecified atom stereocenters. The van der Waals surface area contributed by atoms with E-state index in [1.165, 1.54) is 44.9 Å². The van der Waals surface area contributed by atoms with Crippen molar-refractivity contribution in [3.8, 4) is 17.6 Å². The summed E-state index contributed by atoms with van der Waals surface area (Å²) >= 11 is 0. The molecule has 1 aromatic heterocycles. The molecule has 0 aliphatic heterocycles. The van der Waals surface area contributed by atoms with Gasteiger partial charge >= 0.3 is 0 Å². The number of unbranched alkanes of at least 4 members (excludes halogenated alkanes) is 7. The molecule has 0 saturated carbocycles. The first-order chi connectivity index (χ1) is 16.9. The van der Waals surface area contributed by atoms with E-state index in [1.54, 1.807) is 12.4 Å². The average molecular weight is 477 g/mol. The molecular weight excluding hydrogens is 428 g/mol. The quantitative estimate of drug-likeness (QED) is 0.190. The van der Waals surface area contributed by atoms with Gasteiger partial charge in [-0.1, -0.05) is 116 Å². The van der Waals surface area contributed by atoms with Crippen molar-refractivity contribution in [1.29, 1.82) is 0 Å². The lowest BCUT2D eigenvalue weighted by molar-refractivity contribution is 0.0356. The summed E-state index contributed by atoms with van der Waals surface area (Å²) in [6.45, 7) is 15.1. The van der Waals surface area contributed by atoms with E-state index in [0.29, 0.717) is 23.6 Å². The first-order valence-corrected chi connectivity index (χ1v) is 13.8. The minimum atomic E-state index is 0.484. The minimum absolute atomic E-state index is 0.484. The highest BCUT2D eigenvalue weighted by Gasteiger charge is 2.39. The molecule has 1 heterocycles. The maximum absolute atomic E-state index is 5.73. The van der Waals surface area contributed by atoms with E-state index >= 15 is 0 Å². The summed E-state index contributed by atoms with van der Waals surface area (Å²) in [5, 5.41) is 0. The molecule has 0 N–H and O–H groups in total. The Labute approximate surface area is 215 Å². The van der Waals surface area contributed by atoms with Gasteiger partial charge in [0.1, 0.15) is 6.61 Å². The van der Waals surface area contributed by atoms with Crippen LogP contribution in [0.2, 0.25) is 0 Å². The van der Waals surface area contributed by atoms with Gasteiger partial charge < -0.3 is 4.74 Å². The number of hydrogen-bond acceptors (Lipinski definition) is 3. The number of benzene rings is 1. The molecule has 2 aromatic rings. The lowest BCUT2D eigenvalue weighted by atomic mass is 9.60. The van der Waals surface area contributed by atoms with E-state index in [0.717, 1.165) is 36.2 Å². The summed E-state index contributed by atoms with van der Waals surface area (Å²) in [6.07, 6.45) is 14.9. The van der Waals surface area contributed by atoms with Gasteiger partial charge in [-0.15, -0.1) is 0 Å². The van der Waals surface area contributed by atoms with Crippen molar-refractivity contribution in [1.82, 2.24) is 9.97 Å². The molecule has 0 saturated heterocycles. The highest BCUT2D eigenvalue weighted by molar-refractivity contribution is 5.24. The highest BCUT2D eigenvalue weighted by Crippen LogP contribution is 2.47. The normalized spacial score (nSPS) is 11.7. The third-order valence-corrected chi connectivity index (χ3v) is 7.71. The number of nitrogens with zero attached hydrogens (tertiary/aromatic N) is 2. The van der Waals surface area contributed by atoms with Crippen LogP contribution in [0.1, 0.15) is 111 Å². The van der Waals surface area contributed by atoms with Crippen LogP contribution in [0.3, 0.4) is 0 Å². The van der Waals surface area contributed by atoms with Crippen LogP contribution >= 0.6 is 0 Å². The standard InChI is InChI=1S/C32H48N2O/c1-26(2)32(27(3)4,28(5)6)22-18-13-11-9-7-8-10-12-17-21-31-33-23-30(24-34-31)35-25-29-19-15-14-16-20-29/h14-16,19-20,23-24,26-28H,7-13,18,22,25H2,1-6H3. The SMILES string of the molecule is CC(C)C(CCCCCCCCCC#Cc1ncc(OCc2ccccc2)cn1)(C(C)C)C(C)C. The van der Waals surface area contributed by atoms with Gasteiger partial charge in [0.05, 0.1) is 12.4 Å². The van der Waals surface area contributed by atoms with Crippen LogP contribution in [0, 0.1) is 35.0 Å². The summed E-state index contributed by atoms with van der Waals surface area (Å²) in [5.74, 6) is 9.79. The molecule has 0 aliphatic rings. The van der Waals surface area contributed by atoms with Crippen molar-refractivity contribution in [3.05, 3.63) is 54.1 Å². The molecule has 3 nitrogen and oxygen atoms in total. The Morgan fingerprint density at radius 3 is 1.86 bits per heavy atom. The molecule has 0 amide bonds. The Hall–Kier alpha value is -2.34. The van der Waals surface area contributed by atoms with Crippen LogP contribution in [0.4, 0.5) is 0 Å². The van der Waals surface area contributed by atoms with Crippen LogP contribution in [-0.2, 0) is 6.61 Å². The van der Waals surface area contributed by atoms with Crippen LogP contribution in [0.15, 0.2) is 42.7 Å². The Bertz CT molecular complexity index is 853. The van der Waals surface area contributed by atoms with Gasteiger partial charge in [0, 0.05) is 6.42 Å². The Morgan fingerprint density at radius 1 is 0.743 bits per heavy atom. The maximum atomic E-state index is 5.73. The first kappa shape index (κ1) is 28.9. The van der Waals surface area contributed by atoms with E-state index in [-0.39, 0.29) is 0 Å². The van der Waals surface area contributed by atoms with Crippen LogP contribution in [-0.4, -0.2) is 9.97 Å². The Balaban J connectivity index is 1.55. The molecular formula is C32H48N2O. The Morgan fingerprint density at radius 2 is 1.29 bits per heavy atom. The van der Waals surface area contributed by atoms with Crippen molar-refractivity contribution < 1.29 is 4.74 Å². The molecule has 0 fully saturated rings. The summed E-state index contributed by atoms with van der Waals surface area (Å²) < 4.78 is 5.73. The van der Waals surface area contributed by atoms with Gasteiger partial charge in [0.25, 0.3) is 0 Å². The van der Waals surface area contributed by atoms with Gasteiger partial charge in [0.2, 0.25) is 5.82 Å². The van der Waals surface area contributed by atoms with E-state index in [1.807, 2.05) is 30.3 Å². The van der Waals surface area contributed by atoms with Gasteiger partial charge in [-0.05, 0) is 47.5 Å². The predicted octanol–water partition coefficient (Wildman–Crippen LogP) is 8.87. The fraction of sp³-hybridized carbons (Fsp3) is 0.625. The summed E-state index contributed by atoms with van der Waals surface area (Å²) in [7, 11) is 0. The van der Waals surface area contributed by atoms with Gasteiger partial charge in [-0.25, -0.2) is 9.97 Å². The number of hydrogen-bond donors (Lipinski definition) is 0. The molecule has 0 spiro atoms. The smallest absolute Gasteiger partial charge is 0.205 e. The van der Waals surface area contributed by atoms with E-state index in [4.69, 9.17) is 4.74 Å². The van der Waals surface area contributed by atoms with E-state index in [9.17, 15) is 0 Å². The van der Waals surface area contributed by atoms with Gasteiger partial charge in [-0.2, -0.15) is 0 Å². The number of ether oxygens (including phenoxy) is 1. The summed E-state index contributed by atoms with van der Waals surface area (Å²) in [4.78, 5) is 8.61. The van der Waals surface area contributed by atoms with Crippen molar-refractivity contribution in [3.63, 3.8) is 0 Å². The first-order valence-electron chi connectivity index (χ1n) is 13.8. The second kappa shape index (κ2) is 15.6. The topological polar surface area (TPSA) is 35.0 Å². The lowest BCUT2D eigenvalue weighted by Gasteiger charge is -2.45. The minimum Gasteiger partial charge on any atom is -0.486 e. The summed E-state index contributed by atoms with van der Waals surface area (Å²) in [5.41, 5.74) is 1.61. The predicted molar refractivity (Wildman–Crippen MR) is 148 cm³/mol. The maximum Gasteiger partial charge on any atom is 0.205 e. The molecule has 1 aromatic carbocycles. The monoisotopic (exact) mass is 476 g/mol. The zero-order valence-electron chi connectivity index (χ0n) is 23.1. The van der Waals surface area contributed by atoms with E-state index in [2.05, 4.69) is 63.4 Å². The third-order valence-electron chi connectivity index (χ3n) is 7.71. The molecule has 2 rings (SSSR count). The van der Waals surface area contributed by atoms with Crippen molar-refractivity contribution in [2.75, 3.05) is 0 Å². The lowest BCUT2D eigenvalue weighted by Crippen LogP contribution is -2.38.